The average molecular weight is 372 g/mol. The molecule has 0 radical (unpaired) electrons. The van der Waals surface area contributed by atoms with Gasteiger partial charge in [0.15, 0.2) is 18.2 Å². The maximum atomic E-state index is 13.7. The second kappa shape index (κ2) is 10.3. The molecule has 1 unspecified atom stereocenters. The van der Waals surface area contributed by atoms with E-state index in [2.05, 4.69) is 5.32 Å². The van der Waals surface area contributed by atoms with Crippen molar-refractivity contribution in [3.05, 3.63) is 66.0 Å². The number of halogens is 1. The summed E-state index contributed by atoms with van der Waals surface area (Å²) in [7, 11) is 0. The molecular weight excluding hydrogens is 347 g/mol. The van der Waals surface area contributed by atoms with Crippen molar-refractivity contribution in [1.29, 1.82) is 0 Å². The van der Waals surface area contributed by atoms with E-state index in [1.54, 1.807) is 19.1 Å². The third-order valence-corrected chi connectivity index (χ3v) is 4.10. The van der Waals surface area contributed by atoms with Gasteiger partial charge in [-0.05, 0) is 31.0 Å². The number of nitrogens with one attached hydrogen (secondary N) is 1. The lowest BCUT2D eigenvalue weighted by atomic mass is 10.1. The molecule has 0 aliphatic heterocycles. The first-order chi connectivity index (χ1) is 13.0. The Hall–Kier alpha value is -2.89. The average Bonchev–Trinajstić information content (AvgIpc) is 2.69. The second-order valence-corrected chi connectivity index (χ2v) is 6.19. The fourth-order valence-electron chi connectivity index (χ4n) is 2.54. The van der Waals surface area contributed by atoms with Gasteiger partial charge >= 0.3 is 0 Å². The molecule has 2 aromatic rings. The smallest absolute Gasteiger partial charge is 0.261 e. The number of amides is 2. The second-order valence-electron chi connectivity index (χ2n) is 6.19. The van der Waals surface area contributed by atoms with Gasteiger partial charge in [-0.2, -0.15) is 0 Å². The van der Waals surface area contributed by atoms with Crippen LogP contribution in [-0.2, 0) is 16.1 Å². The van der Waals surface area contributed by atoms with E-state index in [1.807, 2.05) is 37.3 Å². The molecule has 0 heterocycles. The Morgan fingerprint density at radius 3 is 2.44 bits per heavy atom. The van der Waals surface area contributed by atoms with Crippen LogP contribution in [0.25, 0.3) is 0 Å². The highest BCUT2D eigenvalue weighted by Gasteiger charge is 2.26. The number of para-hydroxylation sites is 1. The summed E-state index contributed by atoms with van der Waals surface area (Å²) < 4.78 is 19.0. The Labute approximate surface area is 159 Å². The molecular formula is C21H25FN2O3. The van der Waals surface area contributed by atoms with E-state index >= 15 is 0 Å². The van der Waals surface area contributed by atoms with Gasteiger partial charge in [-0.15, -0.1) is 0 Å². The molecule has 144 valence electrons. The number of ether oxygens (including phenoxy) is 1. The Bertz CT molecular complexity index is 752. The van der Waals surface area contributed by atoms with Crippen LogP contribution in [0.2, 0.25) is 0 Å². The summed E-state index contributed by atoms with van der Waals surface area (Å²) >= 11 is 0. The highest BCUT2D eigenvalue weighted by Crippen LogP contribution is 2.16. The minimum absolute atomic E-state index is 0.00796. The van der Waals surface area contributed by atoms with Crippen molar-refractivity contribution in [2.75, 3.05) is 13.2 Å². The molecule has 2 amide bonds. The van der Waals surface area contributed by atoms with Gasteiger partial charge in [-0.25, -0.2) is 4.39 Å². The highest BCUT2D eigenvalue weighted by atomic mass is 19.1. The van der Waals surface area contributed by atoms with Crippen molar-refractivity contribution < 1.29 is 18.7 Å². The molecule has 0 aromatic heterocycles. The number of carbonyl (C=O) groups excluding carboxylic acids is 2. The van der Waals surface area contributed by atoms with E-state index < -0.39 is 11.9 Å². The molecule has 0 spiro atoms. The van der Waals surface area contributed by atoms with Crippen molar-refractivity contribution in [2.45, 2.75) is 32.9 Å². The van der Waals surface area contributed by atoms with Crippen molar-refractivity contribution in [2.24, 2.45) is 0 Å². The van der Waals surface area contributed by atoms with Crippen LogP contribution in [0.5, 0.6) is 5.75 Å². The minimum Gasteiger partial charge on any atom is -0.481 e. The summed E-state index contributed by atoms with van der Waals surface area (Å²) in [6.07, 6.45) is 0.807. The predicted octanol–water partition coefficient (Wildman–Crippen LogP) is 3.15. The Kier molecular flexibility index (Phi) is 7.79. The molecule has 0 fully saturated rings. The molecule has 1 atom stereocenters. The topological polar surface area (TPSA) is 58.6 Å². The van der Waals surface area contributed by atoms with Gasteiger partial charge in [-0.3, -0.25) is 9.59 Å². The maximum absolute atomic E-state index is 13.7. The van der Waals surface area contributed by atoms with Crippen molar-refractivity contribution in [3.63, 3.8) is 0 Å². The van der Waals surface area contributed by atoms with Gasteiger partial charge in [0.05, 0.1) is 0 Å². The van der Waals surface area contributed by atoms with E-state index in [0.717, 1.165) is 12.0 Å². The largest absolute Gasteiger partial charge is 0.481 e. The van der Waals surface area contributed by atoms with Crippen LogP contribution in [-0.4, -0.2) is 35.9 Å². The van der Waals surface area contributed by atoms with Gasteiger partial charge in [0.2, 0.25) is 5.91 Å². The number of carbonyl (C=O) groups is 2. The molecule has 0 aliphatic rings. The first kappa shape index (κ1) is 20.4. The first-order valence-electron chi connectivity index (χ1n) is 9.01. The molecule has 6 heteroatoms. The zero-order chi connectivity index (χ0) is 19.6. The Morgan fingerprint density at radius 2 is 1.78 bits per heavy atom. The van der Waals surface area contributed by atoms with Crippen LogP contribution in [0, 0.1) is 5.82 Å². The third-order valence-electron chi connectivity index (χ3n) is 4.10. The normalized spacial score (nSPS) is 11.5. The molecule has 2 rings (SSSR count). The summed E-state index contributed by atoms with van der Waals surface area (Å²) in [5.41, 5.74) is 0.895. The van der Waals surface area contributed by atoms with Crippen LogP contribution in [0.4, 0.5) is 4.39 Å². The number of hydrogen-bond donors (Lipinski definition) is 1. The lowest BCUT2D eigenvalue weighted by molar-refractivity contribution is -0.142. The molecule has 1 N–H and O–H groups in total. The zero-order valence-corrected chi connectivity index (χ0v) is 15.7. The van der Waals surface area contributed by atoms with E-state index in [4.69, 9.17) is 4.74 Å². The Balaban J connectivity index is 2.11. The van der Waals surface area contributed by atoms with Crippen LogP contribution < -0.4 is 10.1 Å². The molecule has 2 aromatic carbocycles. The molecule has 5 nitrogen and oxygen atoms in total. The lowest BCUT2D eigenvalue weighted by Crippen LogP contribution is -2.49. The number of benzene rings is 2. The Morgan fingerprint density at radius 1 is 1.11 bits per heavy atom. The maximum Gasteiger partial charge on any atom is 0.261 e. The number of nitrogens with zero attached hydrogens (tertiary/aromatic N) is 1. The number of hydrogen-bond acceptors (Lipinski definition) is 3. The first-order valence-corrected chi connectivity index (χ1v) is 9.01. The fraction of sp³-hybridized carbons (Fsp3) is 0.333. The molecule has 0 saturated carbocycles. The van der Waals surface area contributed by atoms with Crippen molar-refractivity contribution >= 4 is 11.8 Å². The van der Waals surface area contributed by atoms with E-state index in [-0.39, 0.29) is 30.7 Å². The summed E-state index contributed by atoms with van der Waals surface area (Å²) in [5.74, 6) is -1.14. The monoisotopic (exact) mass is 372 g/mol. The predicted molar refractivity (Wildman–Crippen MR) is 102 cm³/mol. The quantitative estimate of drug-likeness (QED) is 0.736. The van der Waals surface area contributed by atoms with Crippen molar-refractivity contribution in [1.82, 2.24) is 10.2 Å². The van der Waals surface area contributed by atoms with Gasteiger partial charge in [0.1, 0.15) is 6.04 Å². The molecule has 0 aliphatic carbocycles. The van der Waals surface area contributed by atoms with Gasteiger partial charge in [-0.1, -0.05) is 49.4 Å². The summed E-state index contributed by atoms with van der Waals surface area (Å²) in [4.78, 5) is 26.6. The van der Waals surface area contributed by atoms with Crippen molar-refractivity contribution in [3.8, 4) is 5.75 Å². The van der Waals surface area contributed by atoms with Crippen LogP contribution in [0.1, 0.15) is 25.8 Å². The van der Waals surface area contributed by atoms with Crippen LogP contribution >= 0.6 is 0 Å². The molecule has 27 heavy (non-hydrogen) atoms. The summed E-state index contributed by atoms with van der Waals surface area (Å²) in [5, 5.41) is 2.80. The zero-order valence-electron chi connectivity index (χ0n) is 15.7. The van der Waals surface area contributed by atoms with E-state index in [1.165, 1.54) is 17.0 Å². The summed E-state index contributed by atoms with van der Waals surface area (Å²) in [6, 6.07) is 14.6. The van der Waals surface area contributed by atoms with E-state index in [0.29, 0.717) is 6.54 Å². The minimum atomic E-state index is -0.673. The van der Waals surface area contributed by atoms with E-state index in [9.17, 15) is 14.0 Å². The van der Waals surface area contributed by atoms with Crippen LogP contribution in [0.15, 0.2) is 54.6 Å². The SMILES string of the molecule is CCCNC(=O)C(C)N(Cc1ccccc1)C(=O)COc1ccccc1F. The standard InChI is InChI=1S/C21H25FN2O3/c1-3-13-23-21(26)16(2)24(14-17-9-5-4-6-10-17)20(25)15-27-19-12-8-7-11-18(19)22/h4-12,16H,3,13-15H2,1-2H3,(H,23,26). The van der Waals surface area contributed by atoms with Gasteiger partial charge in [0.25, 0.3) is 5.91 Å². The van der Waals surface area contributed by atoms with Gasteiger partial charge < -0.3 is 15.0 Å². The van der Waals surface area contributed by atoms with Crippen LogP contribution in [0.3, 0.4) is 0 Å². The van der Waals surface area contributed by atoms with Gasteiger partial charge in [0, 0.05) is 13.1 Å². The molecule has 0 saturated heterocycles. The summed E-state index contributed by atoms with van der Waals surface area (Å²) in [6.45, 7) is 4.09. The third kappa shape index (κ3) is 6.09. The fourth-order valence-corrected chi connectivity index (χ4v) is 2.54. The molecule has 0 bridgehead atoms. The number of rotatable bonds is 9. The lowest BCUT2D eigenvalue weighted by Gasteiger charge is -2.28. The highest BCUT2D eigenvalue weighted by molar-refractivity contribution is 5.87.